The van der Waals surface area contributed by atoms with E-state index >= 15 is 0 Å². The van der Waals surface area contributed by atoms with Gasteiger partial charge in [-0.2, -0.15) is 0 Å². The minimum atomic E-state index is 0.390. The fraction of sp³-hybridized carbons (Fsp3) is 1.00. The second kappa shape index (κ2) is 5.13. The van der Waals surface area contributed by atoms with Crippen molar-refractivity contribution in [1.29, 1.82) is 0 Å². The molecule has 2 aliphatic rings. The first kappa shape index (κ1) is 10.4. The summed E-state index contributed by atoms with van der Waals surface area (Å²) in [6, 6.07) is 0. The van der Waals surface area contributed by atoms with Gasteiger partial charge in [-0.25, -0.2) is 0 Å². The summed E-state index contributed by atoms with van der Waals surface area (Å²) >= 11 is 0. The molecule has 2 heteroatoms. The Morgan fingerprint density at radius 2 is 1.79 bits per heavy atom. The lowest BCUT2D eigenvalue weighted by molar-refractivity contribution is 0.200. The van der Waals surface area contributed by atoms with Crippen LogP contribution in [0.2, 0.25) is 0 Å². The number of hydrogen-bond donors (Lipinski definition) is 1. The molecule has 2 nitrogen and oxygen atoms in total. The van der Waals surface area contributed by atoms with Gasteiger partial charge in [-0.05, 0) is 37.6 Å². The third-order valence-electron chi connectivity index (χ3n) is 3.87. The normalized spacial score (nSPS) is 31.1. The van der Waals surface area contributed by atoms with Crippen LogP contribution in [0, 0.1) is 11.8 Å². The van der Waals surface area contributed by atoms with Crippen molar-refractivity contribution in [3.63, 3.8) is 0 Å². The number of hydrogen-bond acceptors (Lipinski definition) is 2. The van der Waals surface area contributed by atoms with Crippen LogP contribution < -0.4 is 0 Å². The summed E-state index contributed by atoms with van der Waals surface area (Å²) in [7, 11) is 0. The standard InChI is InChI=1S/C12H23NO/c14-10-12-6-7-13(9-12)8-11-4-2-1-3-5-11/h11-12,14H,1-10H2/t12-/m1/s1. The van der Waals surface area contributed by atoms with E-state index in [1.165, 1.54) is 51.6 Å². The minimum Gasteiger partial charge on any atom is -0.396 e. The zero-order chi connectivity index (χ0) is 9.80. The van der Waals surface area contributed by atoms with Gasteiger partial charge >= 0.3 is 0 Å². The molecule has 0 spiro atoms. The van der Waals surface area contributed by atoms with E-state index in [4.69, 9.17) is 5.11 Å². The molecule has 0 unspecified atom stereocenters. The molecule has 1 heterocycles. The Labute approximate surface area is 87.3 Å². The van der Waals surface area contributed by atoms with Gasteiger partial charge in [0.25, 0.3) is 0 Å². The van der Waals surface area contributed by atoms with Crippen LogP contribution in [0.5, 0.6) is 0 Å². The summed E-state index contributed by atoms with van der Waals surface area (Å²) in [5.74, 6) is 1.53. The molecule has 0 radical (unpaired) electrons. The molecule has 1 saturated carbocycles. The lowest BCUT2D eigenvalue weighted by Crippen LogP contribution is -2.29. The van der Waals surface area contributed by atoms with Crippen LogP contribution in [0.4, 0.5) is 0 Å². The molecule has 1 saturated heterocycles. The average Bonchev–Trinajstić information content (AvgIpc) is 2.67. The van der Waals surface area contributed by atoms with Gasteiger partial charge in [0.1, 0.15) is 0 Å². The highest BCUT2D eigenvalue weighted by atomic mass is 16.3. The number of nitrogens with zero attached hydrogens (tertiary/aromatic N) is 1. The van der Waals surface area contributed by atoms with Crippen molar-refractivity contribution >= 4 is 0 Å². The summed E-state index contributed by atoms with van der Waals surface area (Å²) in [5.41, 5.74) is 0. The van der Waals surface area contributed by atoms with Gasteiger partial charge in [-0.15, -0.1) is 0 Å². The molecule has 0 amide bonds. The van der Waals surface area contributed by atoms with Crippen molar-refractivity contribution < 1.29 is 5.11 Å². The van der Waals surface area contributed by atoms with Gasteiger partial charge in [-0.3, -0.25) is 0 Å². The molecule has 0 aromatic heterocycles. The molecule has 14 heavy (non-hydrogen) atoms. The van der Waals surface area contributed by atoms with Crippen LogP contribution in [0.25, 0.3) is 0 Å². The molecule has 1 aliphatic carbocycles. The first-order valence-corrected chi connectivity index (χ1v) is 6.21. The minimum absolute atomic E-state index is 0.390. The predicted octanol–water partition coefficient (Wildman–Crippen LogP) is 1.88. The van der Waals surface area contributed by atoms with Crippen molar-refractivity contribution in [2.24, 2.45) is 11.8 Å². The number of rotatable bonds is 3. The summed E-state index contributed by atoms with van der Waals surface area (Å²) in [5, 5.41) is 9.06. The van der Waals surface area contributed by atoms with Crippen LogP contribution in [0.1, 0.15) is 38.5 Å². The van der Waals surface area contributed by atoms with Gasteiger partial charge in [-0.1, -0.05) is 19.3 Å². The maximum absolute atomic E-state index is 9.06. The van der Waals surface area contributed by atoms with Crippen molar-refractivity contribution in [3.05, 3.63) is 0 Å². The monoisotopic (exact) mass is 197 g/mol. The van der Waals surface area contributed by atoms with E-state index in [-0.39, 0.29) is 0 Å². The Morgan fingerprint density at radius 3 is 2.43 bits per heavy atom. The third kappa shape index (κ3) is 2.71. The first-order chi connectivity index (χ1) is 6.88. The topological polar surface area (TPSA) is 23.5 Å². The van der Waals surface area contributed by atoms with Gasteiger partial charge in [0.2, 0.25) is 0 Å². The quantitative estimate of drug-likeness (QED) is 0.746. The first-order valence-electron chi connectivity index (χ1n) is 6.21. The second-order valence-electron chi connectivity index (χ2n) is 5.10. The summed E-state index contributed by atoms with van der Waals surface area (Å²) in [4.78, 5) is 2.57. The fourth-order valence-corrected chi connectivity index (χ4v) is 2.96. The second-order valence-corrected chi connectivity index (χ2v) is 5.10. The highest BCUT2D eigenvalue weighted by Crippen LogP contribution is 2.26. The third-order valence-corrected chi connectivity index (χ3v) is 3.87. The van der Waals surface area contributed by atoms with E-state index in [0.29, 0.717) is 12.5 Å². The Kier molecular flexibility index (Phi) is 3.82. The van der Waals surface area contributed by atoms with Crippen molar-refractivity contribution in [1.82, 2.24) is 4.90 Å². The molecule has 1 atom stereocenters. The Balaban J connectivity index is 1.69. The van der Waals surface area contributed by atoms with E-state index in [2.05, 4.69) is 4.90 Å². The van der Waals surface area contributed by atoms with Gasteiger partial charge in [0.15, 0.2) is 0 Å². The molecule has 1 aliphatic heterocycles. The number of aliphatic hydroxyl groups is 1. The van der Waals surface area contributed by atoms with E-state index < -0.39 is 0 Å². The zero-order valence-corrected chi connectivity index (χ0v) is 9.12. The number of aliphatic hydroxyl groups excluding tert-OH is 1. The summed E-state index contributed by atoms with van der Waals surface area (Å²) < 4.78 is 0. The lowest BCUT2D eigenvalue weighted by Gasteiger charge is -2.26. The van der Waals surface area contributed by atoms with Crippen molar-refractivity contribution in [2.75, 3.05) is 26.2 Å². The van der Waals surface area contributed by atoms with Crippen LogP contribution in [0.15, 0.2) is 0 Å². The van der Waals surface area contributed by atoms with E-state index in [1.807, 2.05) is 0 Å². The molecule has 0 aromatic rings. The van der Waals surface area contributed by atoms with Crippen LogP contribution >= 0.6 is 0 Å². The average molecular weight is 197 g/mol. The fourth-order valence-electron chi connectivity index (χ4n) is 2.96. The van der Waals surface area contributed by atoms with Crippen molar-refractivity contribution in [2.45, 2.75) is 38.5 Å². The van der Waals surface area contributed by atoms with E-state index in [9.17, 15) is 0 Å². The van der Waals surface area contributed by atoms with Crippen LogP contribution in [0.3, 0.4) is 0 Å². The Bertz CT molecular complexity index is 166. The van der Waals surface area contributed by atoms with Crippen LogP contribution in [-0.4, -0.2) is 36.2 Å². The largest absolute Gasteiger partial charge is 0.396 e. The predicted molar refractivity (Wildman–Crippen MR) is 58.2 cm³/mol. The van der Waals surface area contributed by atoms with E-state index in [1.54, 1.807) is 0 Å². The SMILES string of the molecule is OC[C@@H]1CCN(CC2CCCCC2)C1. The molecule has 1 N–H and O–H groups in total. The molecule has 2 fully saturated rings. The molecular formula is C12H23NO. The molecule has 0 aromatic carbocycles. The maximum Gasteiger partial charge on any atom is 0.0471 e. The van der Waals surface area contributed by atoms with Crippen LogP contribution in [-0.2, 0) is 0 Å². The molecular weight excluding hydrogens is 174 g/mol. The summed E-state index contributed by atoms with van der Waals surface area (Å²) in [6.45, 7) is 4.06. The molecule has 82 valence electrons. The van der Waals surface area contributed by atoms with Gasteiger partial charge in [0, 0.05) is 19.7 Å². The van der Waals surface area contributed by atoms with Crippen molar-refractivity contribution in [3.8, 4) is 0 Å². The zero-order valence-electron chi connectivity index (χ0n) is 9.12. The highest BCUT2D eigenvalue weighted by Gasteiger charge is 2.24. The highest BCUT2D eigenvalue weighted by molar-refractivity contribution is 4.78. The summed E-state index contributed by atoms with van der Waals surface area (Å²) in [6.07, 6.45) is 8.45. The van der Waals surface area contributed by atoms with Gasteiger partial charge < -0.3 is 10.0 Å². The number of likely N-dealkylation sites (tertiary alicyclic amines) is 1. The van der Waals surface area contributed by atoms with E-state index in [0.717, 1.165) is 12.5 Å². The molecule has 2 rings (SSSR count). The Hall–Kier alpha value is -0.0800. The smallest absolute Gasteiger partial charge is 0.0471 e. The molecule has 0 bridgehead atoms. The van der Waals surface area contributed by atoms with Gasteiger partial charge in [0.05, 0.1) is 0 Å². The maximum atomic E-state index is 9.06. The Morgan fingerprint density at radius 1 is 1.00 bits per heavy atom. The lowest BCUT2D eigenvalue weighted by atomic mass is 9.89.